The van der Waals surface area contributed by atoms with E-state index >= 15 is 0 Å². The molecule has 0 heterocycles. The molecule has 3 nitrogen and oxygen atoms in total. The second-order valence-electron chi connectivity index (χ2n) is 4.97. The average molecular weight is 281 g/mol. The van der Waals surface area contributed by atoms with E-state index in [2.05, 4.69) is 25.1 Å². The fourth-order valence-electron chi connectivity index (χ4n) is 2.17. The maximum atomic E-state index is 11.2. The molecule has 0 aliphatic carbocycles. The topological polar surface area (TPSA) is 40.5 Å². The summed E-state index contributed by atoms with van der Waals surface area (Å²) in [5.41, 5.74) is 2.21. The number of carboxylic acid groups (broad SMARTS) is 1. The summed E-state index contributed by atoms with van der Waals surface area (Å²) >= 11 is 0. The molecule has 1 N–H and O–H groups in total. The van der Waals surface area contributed by atoms with Crippen molar-refractivity contribution in [2.75, 3.05) is 11.9 Å². The Labute approximate surface area is 125 Å². The minimum absolute atomic E-state index is 0.269. The van der Waals surface area contributed by atoms with Crippen molar-refractivity contribution in [2.45, 2.75) is 12.8 Å². The lowest BCUT2D eigenvalue weighted by Crippen LogP contribution is -2.13. The van der Waals surface area contributed by atoms with Gasteiger partial charge in [-0.2, -0.15) is 0 Å². The van der Waals surface area contributed by atoms with E-state index in [1.165, 1.54) is 5.56 Å². The number of hydrogen-bond acceptors (Lipinski definition) is 2. The molecule has 0 saturated carbocycles. The molecule has 2 rings (SSSR count). The van der Waals surface area contributed by atoms with Crippen molar-refractivity contribution in [3.63, 3.8) is 0 Å². The number of aromatic carboxylic acids is 1. The number of para-hydroxylation sites is 1. The minimum Gasteiger partial charge on any atom is -0.478 e. The molecule has 21 heavy (non-hydrogen) atoms. The van der Waals surface area contributed by atoms with Crippen LogP contribution in [0.1, 0.15) is 28.8 Å². The zero-order valence-electron chi connectivity index (χ0n) is 12.2. The van der Waals surface area contributed by atoms with Gasteiger partial charge in [-0.1, -0.05) is 55.5 Å². The van der Waals surface area contributed by atoms with Gasteiger partial charge in [-0.3, -0.25) is 0 Å². The van der Waals surface area contributed by atoms with Gasteiger partial charge in [0.15, 0.2) is 0 Å². The summed E-state index contributed by atoms with van der Waals surface area (Å²) in [6.07, 6.45) is 3.98. The molecular weight excluding hydrogens is 262 g/mol. The Bertz CT molecular complexity index is 635. The third-order valence-corrected chi connectivity index (χ3v) is 3.44. The van der Waals surface area contributed by atoms with Gasteiger partial charge in [0.1, 0.15) is 0 Å². The SMILES string of the molecule is CC(C=CN(C)c1ccccc1C(=O)O)c1ccccc1. The zero-order valence-corrected chi connectivity index (χ0v) is 12.2. The molecule has 0 aliphatic rings. The molecule has 0 spiro atoms. The Morgan fingerprint density at radius 1 is 1.10 bits per heavy atom. The summed E-state index contributed by atoms with van der Waals surface area (Å²) in [4.78, 5) is 13.1. The number of carbonyl (C=O) groups is 1. The van der Waals surface area contributed by atoms with Crippen LogP contribution >= 0.6 is 0 Å². The van der Waals surface area contributed by atoms with Gasteiger partial charge in [0.25, 0.3) is 0 Å². The summed E-state index contributed by atoms with van der Waals surface area (Å²) < 4.78 is 0. The molecule has 108 valence electrons. The zero-order chi connectivity index (χ0) is 15.2. The summed E-state index contributed by atoms with van der Waals surface area (Å²) in [6.45, 7) is 2.11. The van der Waals surface area contributed by atoms with Crippen LogP contribution in [0, 0.1) is 0 Å². The molecule has 2 aromatic carbocycles. The Balaban J connectivity index is 2.16. The predicted octanol–water partition coefficient (Wildman–Crippen LogP) is 4.14. The molecule has 1 unspecified atom stereocenters. The van der Waals surface area contributed by atoms with Crippen LogP contribution in [0.3, 0.4) is 0 Å². The summed E-state index contributed by atoms with van der Waals surface area (Å²) in [5.74, 6) is -0.646. The van der Waals surface area contributed by atoms with Crippen LogP contribution < -0.4 is 4.90 Å². The van der Waals surface area contributed by atoms with Crippen molar-refractivity contribution in [1.29, 1.82) is 0 Å². The molecular formula is C18H19NO2. The van der Waals surface area contributed by atoms with Gasteiger partial charge in [0, 0.05) is 19.2 Å². The summed E-state index contributed by atoms with van der Waals surface area (Å²) in [7, 11) is 1.86. The molecule has 3 heteroatoms. The largest absolute Gasteiger partial charge is 0.478 e. The third-order valence-electron chi connectivity index (χ3n) is 3.44. The Hall–Kier alpha value is -2.55. The van der Waals surface area contributed by atoms with Crippen molar-refractivity contribution in [1.82, 2.24) is 0 Å². The number of anilines is 1. The molecule has 0 saturated heterocycles. The van der Waals surface area contributed by atoms with E-state index in [0.717, 1.165) is 0 Å². The van der Waals surface area contributed by atoms with Crippen molar-refractivity contribution in [3.8, 4) is 0 Å². The molecule has 0 fully saturated rings. The lowest BCUT2D eigenvalue weighted by molar-refractivity contribution is 0.0697. The standard InChI is InChI=1S/C18H19NO2/c1-14(15-8-4-3-5-9-15)12-13-19(2)17-11-7-6-10-16(17)18(20)21/h3-14H,1-2H3,(H,20,21). The van der Waals surface area contributed by atoms with Crippen LogP contribution in [0.15, 0.2) is 66.9 Å². The van der Waals surface area contributed by atoms with Gasteiger partial charge in [-0.25, -0.2) is 4.79 Å². The van der Waals surface area contributed by atoms with E-state index in [9.17, 15) is 9.90 Å². The summed E-state index contributed by atoms with van der Waals surface area (Å²) in [5, 5.41) is 9.22. The minimum atomic E-state index is -0.915. The normalized spacial score (nSPS) is 12.3. The van der Waals surface area contributed by atoms with E-state index < -0.39 is 5.97 Å². The van der Waals surface area contributed by atoms with Crippen molar-refractivity contribution in [3.05, 3.63) is 78.0 Å². The van der Waals surface area contributed by atoms with Crippen molar-refractivity contribution < 1.29 is 9.90 Å². The quantitative estimate of drug-likeness (QED) is 0.895. The van der Waals surface area contributed by atoms with Gasteiger partial charge in [0.05, 0.1) is 11.3 Å². The molecule has 2 aromatic rings. The second kappa shape index (κ2) is 6.75. The molecule has 0 bridgehead atoms. The number of carboxylic acids is 1. The average Bonchev–Trinajstić information content (AvgIpc) is 2.53. The van der Waals surface area contributed by atoms with Crippen molar-refractivity contribution >= 4 is 11.7 Å². The first-order valence-electron chi connectivity index (χ1n) is 6.88. The smallest absolute Gasteiger partial charge is 0.337 e. The number of allylic oxidation sites excluding steroid dienone is 1. The molecule has 0 aliphatic heterocycles. The Morgan fingerprint density at radius 3 is 2.38 bits per heavy atom. The first-order valence-corrected chi connectivity index (χ1v) is 6.88. The van der Waals surface area contributed by atoms with Crippen molar-refractivity contribution in [2.24, 2.45) is 0 Å². The van der Waals surface area contributed by atoms with Crippen LogP contribution in [0.25, 0.3) is 0 Å². The Morgan fingerprint density at radius 2 is 1.71 bits per heavy atom. The highest BCUT2D eigenvalue weighted by Crippen LogP contribution is 2.21. The van der Waals surface area contributed by atoms with E-state index in [0.29, 0.717) is 11.3 Å². The van der Waals surface area contributed by atoms with Crippen LogP contribution in [-0.2, 0) is 0 Å². The Kier molecular flexibility index (Phi) is 4.77. The third kappa shape index (κ3) is 3.72. The molecule has 0 radical (unpaired) electrons. The predicted molar refractivity (Wildman–Crippen MR) is 85.8 cm³/mol. The molecule has 0 aromatic heterocycles. The highest BCUT2D eigenvalue weighted by molar-refractivity contribution is 5.94. The number of hydrogen-bond donors (Lipinski definition) is 1. The second-order valence-corrected chi connectivity index (χ2v) is 4.97. The maximum Gasteiger partial charge on any atom is 0.337 e. The van der Waals surface area contributed by atoms with Crippen LogP contribution in [-0.4, -0.2) is 18.1 Å². The highest BCUT2D eigenvalue weighted by atomic mass is 16.4. The lowest BCUT2D eigenvalue weighted by atomic mass is 10.0. The van der Waals surface area contributed by atoms with E-state index in [1.54, 1.807) is 18.2 Å². The first kappa shape index (κ1) is 14.9. The highest BCUT2D eigenvalue weighted by Gasteiger charge is 2.11. The van der Waals surface area contributed by atoms with Gasteiger partial charge in [-0.05, 0) is 17.7 Å². The fourth-order valence-corrected chi connectivity index (χ4v) is 2.17. The van der Waals surface area contributed by atoms with E-state index in [-0.39, 0.29) is 5.92 Å². The van der Waals surface area contributed by atoms with Crippen LogP contribution in [0.5, 0.6) is 0 Å². The molecule has 0 amide bonds. The lowest BCUT2D eigenvalue weighted by Gasteiger charge is -2.17. The fraction of sp³-hybridized carbons (Fsp3) is 0.167. The van der Waals surface area contributed by atoms with Gasteiger partial charge in [0.2, 0.25) is 0 Å². The van der Waals surface area contributed by atoms with Gasteiger partial charge >= 0.3 is 5.97 Å². The van der Waals surface area contributed by atoms with Gasteiger partial charge in [-0.15, -0.1) is 0 Å². The first-order chi connectivity index (χ1) is 10.1. The van der Waals surface area contributed by atoms with E-state index in [1.807, 2.05) is 42.4 Å². The number of benzene rings is 2. The van der Waals surface area contributed by atoms with Crippen LogP contribution in [0.4, 0.5) is 5.69 Å². The van der Waals surface area contributed by atoms with Gasteiger partial charge < -0.3 is 10.0 Å². The maximum absolute atomic E-state index is 11.2. The van der Waals surface area contributed by atoms with E-state index in [4.69, 9.17) is 0 Å². The number of nitrogens with zero attached hydrogens (tertiary/aromatic N) is 1. The monoisotopic (exact) mass is 281 g/mol. The summed E-state index contributed by atoms with van der Waals surface area (Å²) in [6, 6.07) is 17.2. The molecule has 1 atom stereocenters. The van der Waals surface area contributed by atoms with Crippen LogP contribution in [0.2, 0.25) is 0 Å². The number of rotatable bonds is 5.